The molecule has 0 radical (unpaired) electrons. The van der Waals surface area contributed by atoms with Gasteiger partial charge in [0.2, 0.25) is 5.91 Å². The van der Waals surface area contributed by atoms with E-state index < -0.39 is 0 Å². The standard InChI is InChI=1S/C20H30N4O/c1-14(2)19(23(3)4)20(25)24-11-9-15(10-12-24)13-18-21-16-7-5-6-8-17(16)22-18/h5-8,14-15,19H,9-13H2,1-4H3,(H,21,22)/t19-/m0/s1. The number of amides is 1. The Kier molecular flexibility index (Phi) is 5.42. The molecule has 1 saturated heterocycles. The fourth-order valence-electron chi connectivity index (χ4n) is 4.02. The van der Waals surface area contributed by atoms with Crippen molar-refractivity contribution >= 4 is 16.9 Å². The highest BCUT2D eigenvalue weighted by atomic mass is 16.2. The lowest BCUT2D eigenvalue weighted by Gasteiger charge is -2.37. The van der Waals surface area contributed by atoms with E-state index in [0.717, 1.165) is 49.2 Å². The molecule has 3 rings (SSSR count). The molecule has 1 aromatic carbocycles. The topological polar surface area (TPSA) is 52.2 Å². The van der Waals surface area contributed by atoms with Crippen LogP contribution < -0.4 is 0 Å². The summed E-state index contributed by atoms with van der Waals surface area (Å²) in [6.07, 6.45) is 3.08. The minimum Gasteiger partial charge on any atom is -0.342 e. The zero-order chi connectivity index (χ0) is 18.0. The smallest absolute Gasteiger partial charge is 0.240 e. The molecule has 1 amide bonds. The number of likely N-dealkylation sites (N-methyl/N-ethyl adjacent to an activating group) is 1. The van der Waals surface area contributed by atoms with Crippen LogP contribution in [0, 0.1) is 11.8 Å². The summed E-state index contributed by atoms with van der Waals surface area (Å²) in [4.78, 5) is 25.1. The van der Waals surface area contributed by atoms with Crippen molar-refractivity contribution in [2.75, 3.05) is 27.2 Å². The molecular weight excluding hydrogens is 312 g/mol. The number of fused-ring (bicyclic) bond motifs is 1. The first-order chi connectivity index (χ1) is 12.0. The van der Waals surface area contributed by atoms with E-state index in [9.17, 15) is 4.79 Å². The summed E-state index contributed by atoms with van der Waals surface area (Å²) in [6.45, 7) is 5.97. The van der Waals surface area contributed by atoms with Crippen LogP contribution >= 0.6 is 0 Å². The minimum atomic E-state index is -0.0214. The first-order valence-corrected chi connectivity index (χ1v) is 9.34. The van der Waals surface area contributed by atoms with Crippen molar-refractivity contribution in [2.24, 2.45) is 11.8 Å². The molecule has 2 aromatic rings. The van der Waals surface area contributed by atoms with Gasteiger partial charge in [-0.25, -0.2) is 4.98 Å². The monoisotopic (exact) mass is 342 g/mol. The van der Waals surface area contributed by atoms with Crippen LogP contribution in [0.3, 0.4) is 0 Å². The zero-order valence-corrected chi connectivity index (χ0v) is 15.8. The first-order valence-electron chi connectivity index (χ1n) is 9.34. The molecule has 0 spiro atoms. The van der Waals surface area contributed by atoms with E-state index in [1.807, 2.05) is 37.2 Å². The summed E-state index contributed by atoms with van der Waals surface area (Å²) in [6, 6.07) is 8.15. The summed E-state index contributed by atoms with van der Waals surface area (Å²) < 4.78 is 0. The molecule has 2 heterocycles. The van der Waals surface area contributed by atoms with Crippen LogP contribution in [0.2, 0.25) is 0 Å². The van der Waals surface area contributed by atoms with Crippen molar-refractivity contribution in [1.29, 1.82) is 0 Å². The molecule has 0 unspecified atom stereocenters. The van der Waals surface area contributed by atoms with Crippen LogP contribution in [-0.4, -0.2) is 58.9 Å². The van der Waals surface area contributed by atoms with Crippen LogP contribution in [0.4, 0.5) is 0 Å². The Morgan fingerprint density at radius 2 is 1.96 bits per heavy atom. The van der Waals surface area contributed by atoms with Crippen LogP contribution in [0.15, 0.2) is 24.3 Å². The third-order valence-electron chi connectivity index (χ3n) is 5.29. The number of hydrogen-bond donors (Lipinski definition) is 1. The number of H-pyrrole nitrogens is 1. The van der Waals surface area contributed by atoms with Gasteiger partial charge in [0.1, 0.15) is 5.82 Å². The molecule has 1 fully saturated rings. The maximum atomic E-state index is 12.8. The van der Waals surface area contributed by atoms with Gasteiger partial charge in [0.25, 0.3) is 0 Å². The second-order valence-electron chi connectivity index (χ2n) is 7.83. The van der Waals surface area contributed by atoms with Crippen molar-refractivity contribution in [2.45, 2.75) is 39.2 Å². The molecular formula is C20H30N4O. The van der Waals surface area contributed by atoms with Gasteiger partial charge < -0.3 is 9.88 Å². The Balaban J connectivity index is 1.57. The third kappa shape index (κ3) is 4.03. The van der Waals surface area contributed by atoms with Crippen molar-refractivity contribution in [3.05, 3.63) is 30.1 Å². The number of likely N-dealkylation sites (tertiary alicyclic amines) is 1. The van der Waals surface area contributed by atoms with Gasteiger partial charge in [-0.3, -0.25) is 9.69 Å². The fraction of sp³-hybridized carbons (Fsp3) is 0.600. The molecule has 1 atom stereocenters. The first kappa shape index (κ1) is 17.9. The van der Waals surface area contributed by atoms with Crippen molar-refractivity contribution in [1.82, 2.24) is 19.8 Å². The Morgan fingerprint density at radius 1 is 1.28 bits per heavy atom. The number of nitrogens with zero attached hydrogens (tertiary/aromatic N) is 3. The number of carbonyl (C=O) groups is 1. The maximum absolute atomic E-state index is 12.8. The van der Waals surface area contributed by atoms with E-state index in [4.69, 9.17) is 4.98 Å². The molecule has 1 aliphatic heterocycles. The number of piperidine rings is 1. The molecule has 0 saturated carbocycles. The molecule has 0 bridgehead atoms. The lowest BCUT2D eigenvalue weighted by atomic mass is 9.92. The number of hydrogen-bond acceptors (Lipinski definition) is 3. The van der Waals surface area contributed by atoms with Crippen LogP contribution in [-0.2, 0) is 11.2 Å². The largest absolute Gasteiger partial charge is 0.342 e. The van der Waals surface area contributed by atoms with E-state index in [0.29, 0.717) is 11.8 Å². The lowest BCUT2D eigenvalue weighted by molar-refractivity contribution is -0.139. The Bertz CT molecular complexity index is 672. The predicted molar refractivity (Wildman–Crippen MR) is 101 cm³/mol. The zero-order valence-electron chi connectivity index (χ0n) is 15.8. The van der Waals surface area contributed by atoms with Crippen LogP contribution in [0.5, 0.6) is 0 Å². The number of para-hydroxylation sites is 2. The number of benzene rings is 1. The van der Waals surface area contributed by atoms with Crippen molar-refractivity contribution < 1.29 is 4.79 Å². The highest BCUT2D eigenvalue weighted by Crippen LogP contribution is 2.23. The van der Waals surface area contributed by atoms with Gasteiger partial charge in [-0.05, 0) is 50.9 Å². The fourth-order valence-corrected chi connectivity index (χ4v) is 4.02. The normalized spacial score (nSPS) is 17.6. The summed E-state index contributed by atoms with van der Waals surface area (Å²) in [7, 11) is 3.99. The average Bonchev–Trinajstić information content (AvgIpc) is 2.97. The molecule has 1 N–H and O–H groups in total. The van der Waals surface area contributed by atoms with Crippen LogP contribution in [0.25, 0.3) is 11.0 Å². The van der Waals surface area contributed by atoms with E-state index in [1.165, 1.54) is 0 Å². The molecule has 1 aromatic heterocycles. The molecule has 5 heteroatoms. The number of nitrogens with one attached hydrogen (secondary N) is 1. The summed E-state index contributed by atoms with van der Waals surface area (Å²) in [5, 5.41) is 0. The number of imidazole rings is 1. The van der Waals surface area contributed by atoms with E-state index in [1.54, 1.807) is 0 Å². The Hall–Kier alpha value is -1.88. The van der Waals surface area contributed by atoms with Crippen LogP contribution in [0.1, 0.15) is 32.5 Å². The molecule has 0 aliphatic carbocycles. The van der Waals surface area contributed by atoms with E-state index in [-0.39, 0.29) is 11.9 Å². The SMILES string of the molecule is CC(C)[C@@H](C(=O)N1CCC(Cc2nc3ccccc3[nH]2)CC1)N(C)C. The summed E-state index contributed by atoms with van der Waals surface area (Å²) in [5.41, 5.74) is 2.15. The van der Waals surface area contributed by atoms with E-state index in [2.05, 4.69) is 29.8 Å². The molecule has 136 valence electrons. The molecule has 5 nitrogen and oxygen atoms in total. The van der Waals surface area contributed by atoms with Gasteiger partial charge in [0.15, 0.2) is 0 Å². The third-order valence-corrected chi connectivity index (χ3v) is 5.29. The van der Waals surface area contributed by atoms with E-state index >= 15 is 0 Å². The maximum Gasteiger partial charge on any atom is 0.240 e. The highest BCUT2D eigenvalue weighted by molar-refractivity contribution is 5.82. The van der Waals surface area contributed by atoms with Gasteiger partial charge in [-0.15, -0.1) is 0 Å². The predicted octanol–water partition coefficient (Wildman–Crippen LogP) is 2.93. The molecule has 25 heavy (non-hydrogen) atoms. The Morgan fingerprint density at radius 3 is 2.56 bits per heavy atom. The number of aromatic nitrogens is 2. The van der Waals surface area contributed by atoms with Gasteiger partial charge >= 0.3 is 0 Å². The van der Waals surface area contributed by atoms with Crippen molar-refractivity contribution in [3.8, 4) is 0 Å². The second kappa shape index (κ2) is 7.56. The molecule has 1 aliphatic rings. The Labute approximate surface area is 150 Å². The highest BCUT2D eigenvalue weighted by Gasteiger charge is 2.31. The van der Waals surface area contributed by atoms with Crippen molar-refractivity contribution in [3.63, 3.8) is 0 Å². The summed E-state index contributed by atoms with van der Waals surface area (Å²) in [5.74, 6) is 2.28. The summed E-state index contributed by atoms with van der Waals surface area (Å²) >= 11 is 0. The number of carbonyl (C=O) groups excluding carboxylic acids is 1. The average molecular weight is 342 g/mol. The van der Waals surface area contributed by atoms with Gasteiger partial charge in [-0.2, -0.15) is 0 Å². The second-order valence-corrected chi connectivity index (χ2v) is 7.83. The van der Waals surface area contributed by atoms with Gasteiger partial charge in [0.05, 0.1) is 17.1 Å². The number of rotatable bonds is 5. The quantitative estimate of drug-likeness (QED) is 0.909. The lowest BCUT2D eigenvalue weighted by Crippen LogP contribution is -2.51. The van der Waals surface area contributed by atoms with Gasteiger partial charge in [-0.1, -0.05) is 26.0 Å². The minimum absolute atomic E-state index is 0.0214. The number of aromatic amines is 1. The van der Waals surface area contributed by atoms with Gasteiger partial charge in [0, 0.05) is 19.5 Å².